The molecule has 0 heterocycles. The normalized spacial score (nSPS) is 20.5. The molecule has 1 fully saturated rings. The fourth-order valence-electron chi connectivity index (χ4n) is 2.67. The molecular formula is C16H26N2O2S. The van der Waals surface area contributed by atoms with E-state index in [1.807, 2.05) is 26.1 Å². The zero-order valence-corrected chi connectivity index (χ0v) is 14.2. The van der Waals surface area contributed by atoms with E-state index in [0.717, 1.165) is 17.5 Å². The van der Waals surface area contributed by atoms with Gasteiger partial charge in [-0.25, -0.2) is 13.1 Å². The Balaban J connectivity index is 2.19. The van der Waals surface area contributed by atoms with Crippen LogP contribution in [-0.4, -0.2) is 22.0 Å². The first kappa shape index (κ1) is 16.5. The second-order valence-corrected chi connectivity index (χ2v) is 8.30. The van der Waals surface area contributed by atoms with E-state index in [9.17, 15) is 8.42 Å². The molecule has 1 saturated carbocycles. The minimum Gasteiger partial charge on any atom is -0.316 e. The molecule has 0 amide bonds. The van der Waals surface area contributed by atoms with Crippen molar-refractivity contribution in [3.05, 3.63) is 29.3 Å². The lowest BCUT2D eigenvalue weighted by molar-refractivity contribution is 0.537. The predicted octanol–water partition coefficient (Wildman–Crippen LogP) is 2.29. The minimum atomic E-state index is -3.43. The molecule has 21 heavy (non-hydrogen) atoms. The van der Waals surface area contributed by atoms with Crippen molar-refractivity contribution in [3.8, 4) is 0 Å². The summed E-state index contributed by atoms with van der Waals surface area (Å²) >= 11 is 0. The molecule has 5 heteroatoms. The van der Waals surface area contributed by atoms with Crippen molar-refractivity contribution in [2.75, 3.05) is 13.6 Å². The van der Waals surface area contributed by atoms with Gasteiger partial charge in [0.1, 0.15) is 0 Å². The van der Waals surface area contributed by atoms with Gasteiger partial charge in [-0.2, -0.15) is 0 Å². The minimum absolute atomic E-state index is 0.282. The molecule has 2 N–H and O–H groups in total. The standard InChI is InChI=1S/C16H26N2O2S/c1-5-13-7-6-12(10-17-4)8-15(13)21(19,20)18-11-14-9-16(14,2)3/h6-8,14,17-18H,5,9-11H2,1-4H3. The Hall–Kier alpha value is -0.910. The van der Waals surface area contributed by atoms with Crippen molar-refractivity contribution in [1.29, 1.82) is 0 Å². The van der Waals surface area contributed by atoms with E-state index >= 15 is 0 Å². The molecule has 1 aromatic rings. The summed E-state index contributed by atoms with van der Waals surface area (Å²) in [6.07, 6.45) is 1.81. The Labute approximate surface area is 128 Å². The van der Waals surface area contributed by atoms with Gasteiger partial charge in [0, 0.05) is 13.1 Å². The fraction of sp³-hybridized carbons (Fsp3) is 0.625. The number of rotatable bonds is 7. The van der Waals surface area contributed by atoms with Gasteiger partial charge in [0.15, 0.2) is 0 Å². The van der Waals surface area contributed by atoms with E-state index in [1.54, 1.807) is 6.07 Å². The molecule has 0 bridgehead atoms. The van der Waals surface area contributed by atoms with Gasteiger partial charge in [0.25, 0.3) is 0 Å². The zero-order chi connectivity index (χ0) is 15.7. The smallest absolute Gasteiger partial charge is 0.240 e. The average molecular weight is 310 g/mol. The first-order valence-corrected chi connectivity index (χ1v) is 9.04. The Bertz CT molecular complexity index is 609. The van der Waals surface area contributed by atoms with Gasteiger partial charge >= 0.3 is 0 Å². The molecule has 1 unspecified atom stereocenters. The molecule has 1 aliphatic carbocycles. The molecule has 1 atom stereocenters. The topological polar surface area (TPSA) is 58.2 Å². The van der Waals surface area contributed by atoms with E-state index in [1.165, 1.54) is 0 Å². The zero-order valence-electron chi connectivity index (χ0n) is 13.4. The van der Waals surface area contributed by atoms with Crippen LogP contribution >= 0.6 is 0 Å². The first-order valence-electron chi connectivity index (χ1n) is 7.56. The number of hydrogen-bond donors (Lipinski definition) is 2. The van der Waals surface area contributed by atoms with Gasteiger partial charge in [0.2, 0.25) is 10.0 Å². The highest BCUT2D eigenvalue weighted by Gasteiger charge is 2.45. The van der Waals surface area contributed by atoms with Crippen LogP contribution in [0.5, 0.6) is 0 Å². The summed E-state index contributed by atoms with van der Waals surface area (Å²) < 4.78 is 27.9. The first-order chi connectivity index (χ1) is 9.80. The Morgan fingerprint density at radius 2 is 2.00 bits per heavy atom. The highest BCUT2D eigenvalue weighted by molar-refractivity contribution is 7.89. The third-order valence-corrected chi connectivity index (χ3v) is 5.93. The molecule has 0 aromatic heterocycles. The lowest BCUT2D eigenvalue weighted by Gasteiger charge is -2.13. The van der Waals surface area contributed by atoms with E-state index in [0.29, 0.717) is 30.3 Å². The van der Waals surface area contributed by atoms with E-state index < -0.39 is 10.0 Å². The summed E-state index contributed by atoms with van der Waals surface area (Å²) in [5, 5.41) is 3.06. The quantitative estimate of drug-likeness (QED) is 0.812. The van der Waals surface area contributed by atoms with Crippen molar-refractivity contribution in [3.63, 3.8) is 0 Å². The summed E-state index contributed by atoms with van der Waals surface area (Å²) in [4.78, 5) is 0.427. The van der Waals surface area contributed by atoms with E-state index in [-0.39, 0.29) is 5.41 Å². The second kappa shape index (κ2) is 6.07. The van der Waals surface area contributed by atoms with Gasteiger partial charge in [-0.15, -0.1) is 0 Å². The van der Waals surface area contributed by atoms with Crippen LogP contribution < -0.4 is 10.0 Å². The molecule has 1 aliphatic rings. The Morgan fingerprint density at radius 1 is 1.33 bits per heavy atom. The number of nitrogens with one attached hydrogen (secondary N) is 2. The molecule has 118 valence electrons. The summed E-state index contributed by atoms with van der Waals surface area (Å²) in [5.41, 5.74) is 2.14. The van der Waals surface area contributed by atoms with Crippen LogP contribution in [0, 0.1) is 11.3 Å². The molecule has 4 nitrogen and oxygen atoms in total. The van der Waals surface area contributed by atoms with Gasteiger partial charge < -0.3 is 5.32 Å². The molecule has 1 aromatic carbocycles. The monoisotopic (exact) mass is 310 g/mol. The predicted molar refractivity (Wildman–Crippen MR) is 85.7 cm³/mol. The highest BCUT2D eigenvalue weighted by atomic mass is 32.2. The van der Waals surface area contributed by atoms with Crippen LogP contribution in [0.4, 0.5) is 0 Å². The Morgan fingerprint density at radius 3 is 2.52 bits per heavy atom. The second-order valence-electron chi connectivity index (χ2n) is 6.57. The van der Waals surface area contributed by atoms with E-state index in [2.05, 4.69) is 23.9 Å². The molecular weight excluding hydrogens is 284 g/mol. The van der Waals surface area contributed by atoms with Crippen molar-refractivity contribution in [2.45, 2.75) is 45.1 Å². The van der Waals surface area contributed by atoms with Crippen LogP contribution in [0.3, 0.4) is 0 Å². The largest absolute Gasteiger partial charge is 0.316 e. The molecule has 0 radical (unpaired) electrons. The van der Waals surface area contributed by atoms with Gasteiger partial charge in [0.05, 0.1) is 4.90 Å². The maximum atomic E-state index is 12.6. The SMILES string of the molecule is CCc1ccc(CNC)cc1S(=O)(=O)NCC1CC1(C)C. The van der Waals surface area contributed by atoms with Crippen molar-refractivity contribution in [1.82, 2.24) is 10.0 Å². The van der Waals surface area contributed by atoms with Crippen LogP contribution in [0.25, 0.3) is 0 Å². The summed E-state index contributed by atoms with van der Waals surface area (Å²) in [5.74, 6) is 0.456. The highest BCUT2D eigenvalue weighted by Crippen LogP contribution is 2.51. The van der Waals surface area contributed by atoms with Crippen LogP contribution in [0.1, 0.15) is 38.3 Å². The number of sulfonamides is 1. The lowest BCUT2D eigenvalue weighted by atomic mass is 10.1. The molecule has 0 aliphatic heterocycles. The van der Waals surface area contributed by atoms with Crippen molar-refractivity contribution in [2.24, 2.45) is 11.3 Å². The van der Waals surface area contributed by atoms with Gasteiger partial charge in [-0.3, -0.25) is 0 Å². The van der Waals surface area contributed by atoms with Gasteiger partial charge in [-0.05, 0) is 48.4 Å². The van der Waals surface area contributed by atoms with E-state index in [4.69, 9.17) is 0 Å². The summed E-state index contributed by atoms with van der Waals surface area (Å²) in [7, 11) is -1.57. The summed E-state index contributed by atoms with van der Waals surface area (Å²) in [6.45, 7) is 7.54. The lowest BCUT2D eigenvalue weighted by Crippen LogP contribution is -2.28. The number of aryl methyl sites for hydroxylation is 1. The van der Waals surface area contributed by atoms with Gasteiger partial charge in [-0.1, -0.05) is 32.9 Å². The van der Waals surface area contributed by atoms with Crippen LogP contribution in [0.2, 0.25) is 0 Å². The number of benzene rings is 1. The molecule has 0 saturated heterocycles. The van der Waals surface area contributed by atoms with Crippen LogP contribution in [0.15, 0.2) is 23.1 Å². The molecule has 2 rings (SSSR count). The average Bonchev–Trinajstić information content (AvgIpc) is 3.05. The number of hydrogen-bond acceptors (Lipinski definition) is 3. The summed E-state index contributed by atoms with van der Waals surface area (Å²) in [6, 6.07) is 5.69. The third-order valence-electron chi connectivity index (χ3n) is 4.42. The molecule has 0 spiro atoms. The third kappa shape index (κ3) is 3.84. The van der Waals surface area contributed by atoms with Crippen molar-refractivity contribution < 1.29 is 8.42 Å². The Kier molecular flexibility index (Phi) is 4.76. The van der Waals surface area contributed by atoms with Crippen LogP contribution in [-0.2, 0) is 23.0 Å². The maximum Gasteiger partial charge on any atom is 0.240 e. The maximum absolute atomic E-state index is 12.6. The van der Waals surface area contributed by atoms with Crippen molar-refractivity contribution >= 4 is 10.0 Å². The fourth-order valence-corrected chi connectivity index (χ4v) is 4.11.